The Balaban J connectivity index is 1.53. The summed E-state index contributed by atoms with van der Waals surface area (Å²) in [5.41, 5.74) is 5.79. The summed E-state index contributed by atoms with van der Waals surface area (Å²) in [4.78, 5) is 104. The molecule has 1 aliphatic rings. The molecule has 1 fully saturated rings. The van der Waals surface area contributed by atoms with E-state index in [4.69, 9.17) is 15.2 Å². The second kappa shape index (κ2) is 23.1. The van der Waals surface area contributed by atoms with E-state index in [-0.39, 0.29) is 38.1 Å². The minimum absolute atomic E-state index is 0.0161. The minimum Gasteiger partial charge on any atom is -0.489 e. The van der Waals surface area contributed by atoms with Gasteiger partial charge in [0.2, 0.25) is 17.7 Å². The van der Waals surface area contributed by atoms with Crippen LogP contribution in [-0.4, -0.2) is 98.2 Å². The number of hydrogen-bond acceptors (Lipinski definition) is 13. The molecule has 2 heterocycles. The fourth-order valence-corrected chi connectivity index (χ4v) is 7.82. The number of amides is 4. The summed E-state index contributed by atoms with van der Waals surface area (Å²) in [7, 11) is 1.19. The van der Waals surface area contributed by atoms with Crippen molar-refractivity contribution in [2.24, 2.45) is 17.6 Å². The lowest BCUT2D eigenvalue weighted by molar-refractivity contribution is -0.422. The monoisotopic (exact) mass is 911 g/mol. The molecule has 0 bridgehead atoms. The number of nitro groups is 2. The highest BCUT2D eigenvalue weighted by Crippen LogP contribution is 2.39. The zero-order valence-corrected chi connectivity index (χ0v) is 37.6. The molecule has 0 saturated carbocycles. The quantitative estimate of drug-likeness (QED) is 0.0479. The van der Waals surface area contributed by atoms with Crippen molar-refractivity contribution in [1.82, 2.24) is 25.5 Å². The summed E-state index contributed by atoms with van der Waals surface area (Å²) >= 11 is 0. The number of likely N-dealkylation sites (tertiary alicyclic amines) is 1. The molecule has 5 N–H and O–H groups in total. The Morgan fingerprint density at radius 1 is 0.894 bits per heavy atom. The van der Waals surface area contributed by atoms with Crippen molar-refractivity contribution < 1.29 is 43.3 Å². The van der Waals surface area contributed by atoms with Crippen LogP contribution >= 0.6 is 0 Å². The standard InChI is InChI=1S/C46H57N9O11/c1-6-28(3)39(50-42(56)34(47)23-30-18-20-33(21-19-30)66-26-31-13-9-8-10-14-31)45(59)53(35-15-11-16-36(54(61)62)41(35)55(63)64)38(24-32-25-48-27-49-32)44(58)52-22-12-17-37(52)43(57)51-40(29(4)7-2)46(60)65-5/h8-11,13-16,18-21,25,27-29,34,37-40H,6-7,12,17,22-24,26,47H2,1-5H3,(H,48,49)(H,50,56)(H,51,57)/t28-,29-,34-,37-,38-,39-,40-/m0/s1. The topological polar surface area (TPSA) is 275 Å². The number of rotatable bonds is 22. The first-order valence-corrected chi connectivity index (χ1v) is 21.8. The Morgan fingerprint density at radius 3 is 2.18 bits per heavy atom. The lowest BCUT2D eigenvalue weighted by Gasteiger charge is -2.38. The first-order chi connectivity index (χ1) is 31.6. The van der Waals surface area contributed by atoms with E-state index in [1.165, 1.54) is 24.5 Å². The zero-order valence-electron chi connectivity index (χ0n) is 37.6. The van der Waals surface area contributed by atoms with Crippen LogP contribution in [0.1, 0.15) is 70.2 Å². The third-order valence-corrected chi connectivity index (χ3v) is 12.0. The van der Waals surface area contributed by atoms with Crippen LogP contribution in [0.15, 0.2) is 85.3 Å². The summed E-state index contributed by atoms with van der Waals surface area (Å²) in [5, 5.41) is 30.6. The third-order valence-electron chi connectivity index (χ3n) is 12.0. The lowest BCUT2D eigenvalue weighted by Crippen LogP contribution is -2.62. The Kier molecular flexibility index (Phi) is 17.4. The minimum atomic E-state index is -1.71. The summed E-state index contributed by atoms with van der Waals surface area (Å²) in [6.45, 7) is 7.37. The molecule has 0 radical (unpaired) electrons. The number of carbonyl (C=O) groups excluding carboxylic acids is 5. The van der Waals surface area contributed by atoms with E-state index < -0.39 is 92.6 Å². The maximum Gasteiger partial charge on any atom is 0.369 e. The van der Waals surface area contributed by atoms with Gasteiger partial charge in [0.25, 0.3) is 5.91 Å². The van der Waals surface area contributed by atoms with E-state index in [0.29, 0.717) is 36.5 Å². The highest BCUT2D eigenvalue weighted by atomic mass is 16.6. The van der Waals surface area contributed by atoms with Gasteiger partial charge in [0, 0.05) is 30.9 Å². The third kappa shape index (κ3) is 12.1. The van der Waals surface area contributed by atoms with E-state index in [9.17, 15) is 34.6 Å². The number of nitrogens with zero attached hydrogens (tertiary/aromatic N) is 5. The number of methoxy groups -OCH3 is 1. The van der Waals surface area contributed by atoms with E-state index in [1.54, 1.807) is 45.0 Å². The van der Waals surface area contributed by atoms with Crippen LogP contribution in [0.3, 0.4) is 0 Å². The zero-order chi connectivity index (χ0) is 48.1. The second-order valence-corrected chi connectivity index (χ2v) is 16.3. The predicted molar refractivity (Wildman–Crippen MR) is 242 cm³/mol. The molecule has 66 heavy (non-hydrogen) atoms. The number of anilines is 1. The highest BCUT2D eigenvalue weighted by molar-refractivity contribution is 6.07. The number of aromatic amines is 1. The Labute approximate surface area is 381 Å². The van der Waals surface area contributed by atoms with Gasteiger partial charge in [0.05, 0.1) is 29.3 Å². The van der Waals surface area contributed by atoms with Crippen molar-refractivity contribution in [1.29, 1.82) is 0 Å². The Hall–Kier alpha value is -7.22. The van der Waals surface area contributed by atoms with E-state index in [1.807, 2.05) is 37.3 Å². The number of ether oxygens (including phenoxy) is 2. The average molecular weight is 912 g/mol. The fourth-order valence-electron chi connectivity index (χ4n) is 7.82. The molecule has 352 valence electrons. The number of imidazole rings is 1. The molecular formula is C46H57N9O11. The van der Waals surface area contributed by atoms with Gasteiger partial charge in [-0.2, -0.15) is 0 Å². The molecule has 3 aromatic carbocycles. The Bertz CT molecular complexity index is 2330. The maximum absolute atomic E-state index is 15.4. The maximum atomic E-state index is 15.4. The number of hydrogen-bond donors (Lipinski definition) is 4. The van der Waals surface area contributed by atoms with Gasteiger partial charge in [-0.1, -0.05) is 89.1 Å². The van der Waals surface area contributed by atoms with Crippen molar-refractivity contribution in [3.63, 3.8) is 0 Å². The first-order valence-electron chi connectivity index (χ1n) is 21.8. The normalized spacial score (nSPS) is 16.2. The summed E-state index contributed by atoms with van der Waals surface area (Å²) in [5.74, 6) is -4.36. The van der Waals surface area contributed by atoms with Crippen molar-refractivity contribution in [3.8, 4) is 5.75 Å². The molecule has 4 aromatic rings. The molecule has 5 rings (SSSR count). The van der Waals surface area contributed by atoms with Crippen LogP contribution < -0.4 is 26.0 Å². The van der Waals surface area contributed by atoms with Gasteiger partial charge >= 0.3 is 17.3 Å². The van der Waals surface area contributed by atoms with Crippen LogP contribution in [0, 0.1) is 32.1 Å². The molecular weight excluding hydrogens is 855 g/mol. The van der Waals surface area contributed by atoms with E-state index in [0.717, 1.165) is 28.7 Å². The molecule has 0 unspecified atom stereocenters. The van der Waals surface area contributed by atoms with Crippen LogP contribution in [-0.2, 0) is 48.2 Å². The van der Waals surface area contributed by atoms with Gasteiger partial charge in [-0.05, 0) is 60.4 Å². The molecule has 20 heteroatoms. The molecule has 1 aromatic heterocycles. The summed E-state index contributed by atoms with van der Waals surface area (Å²) in [6.07, 6.45) is 3.67. The van der Waals surface area contributed by atoms with Crippen molar-refractivity contribution in [2.45, 2.75) is 103 Å². The highest BCUT2D eigenvalue weighted by Gasteiger charge is 2.47. The summed E-state index contributed by atoms with van der Waals surface area (Å²) < 4.78 is 10.8. The van der Waals surface area contributed by atoms with E-state index >= 15 is 9.59 Å². The van der Waals surface area contributed by atoms with Gasteiger partial charge in [0.15, 0.2) is 0 Å². The number of para-hydroxylation sites is 1. The van der Waals surface area contributed by atoms with Crippen LogP contribution in [0.25, 0.3) is 0 Å². The molecule has 1 saturated heterocycles. The van der Waals surface area contributed by atoms with Gasteiger partial charge in [-0.15, -0.1) is 0 Å². The van der Waals surface area contributed by atoms with Crippen molar-refractivity contribution >= 4 is 46.7 Å². The number of aromatic nitrogens is 2. The number of nitro benzene ring substituents is 2. The predicted octanol–water partition coefficient (Wildman–Crippen LogP) is 4.55. The lowest BCUT2D eigenvalue weighted by atomic mass is 9.94. The number of H-pyrrole nitrogens is 1. The van der Waals surface area contributed by atoms with Gasteiger partial charge in [-0.25, -0.2) is 9.78 Å². The largest absolute Gasteiger partial charge is 0.489 e. The van der Waals surface area contributed by atoms with Crippen molar-refractivity contribution in [3.05, 3.63) is 122 Å². The average Bonchev–Trinajstić information content (AvgIpc) is 4.04. The first kappa shape index (κ1) is 49.8. The van der Waals surface area contributed by atoms with Crippen LogP contribution in [0.4, 0.5) is 17.1 Å². The van der Waals surface area contributed by atoms with Crippen LogP contribution in [0.2, 0.25) is 0 Å². The Morgan fingerprint density at radius 2 is 1.58 bits per heavy atom. The van der Waals surface area contributed by atoms with Gasteiger partial charge in [0.1, 0.15) is 42.2 Å². The molecule has 20 nitrogen and oxygen atoms in total. The molecule has 0 aliphatic carbocycles. The second-order valence-electron chi connectivity index (χ2n) is 16.3. The SMILES string of the molecule is CC[C@H](C)[C@H](NC(=O)[C@@H]1CCCN1C(=O)[C@H](Cc1cnc[nH]1)N(C(=O)[C@@H](NC(=O)[C@@H](N)Cc1ccc(OCc2ccccc2)cc1)[C@@H](C)CC)c1cccc([N+](=O)[O-])c1[N+](=O)[O-])C(=O)OC. The van der Waals surface area contributed by atoms with Crippen LogP contribution in [0.5, 0.6) is 5.75 Å². The molecule has 1 aliphatic heterocycles. The molecule has 0 spiro atoms. The van der Waals surface area contributed by atoms with Gasteiger partial charge in [-0.3, -0.25) is 44.3 Å². The number of esters is 1. The fraction of sp³-hybridized carbons (Fsp3) is 0.435. The number of carbonyl (C=O) groups is 5. The molecule has 4 amide bonds. The smallest absolute Gasteiger partial charge is 0.369 e. The van der Waals surface area contributed by atoms with E-state index in [2.05, 4.69) is 20.6 Å². The molecule has 7 atom stereocenters. The van der Waals surface area contributed by atoms with Gasteiger partial charge < -0.3 is 35.7 Å². The van der Waals surface area contributed by atoms with Crippen molar-refractivity contribution in [2.75, 3.05) is 18.6 Å². The summed E-state index contributed by atoms with van der Waals surface area (Å²) in [6, 6.07) is 13.2. The number of nitrogens with two attached hydrogens (primary N) is 1. The number of benzene rings is 3. The number of nitrogens with one attached hydrogen (secondary N) is 3.